The largest absolute Gasteiger partial charge is 0.360 e. The monoisotopic (exact) mass is 349 g/mol. The van der Waals surface area contributed by atoms with Crippen molar-refractivity contribution in [1.82, 2.24) is 4.72 Å². The SMILES string of the molecule is Cc1ccc2c(c1)N[C@H](C(=O)Nc1ccc(F)cc1C)NS2(=O)=O. The lowest BCUT2D eigenvalue weighted by molar-refractivity contribution is -0.117. The Morgan fingerprint density at radius 1 is 1.17 bits per heavy atom. The van der Waals surface area contributed by atoms with Crippen LogP contribution in [0.4, 0.5) is 15.8 Å². The van der Waals surface area contributed by atoms with Crippen LogP contribution in [-0.2, 0) is 14.8 Å². The molecule has 0 unspecified atom stereocenters. The molecule has 24 heavy (non-hydrogen) atoms. The van der Waals surface area contributed by atoms with Gasteiger partial charge in [0.05, 0.1) is 5.69 Å². The second kappa shape index (κ2) is 5.88. The summed E-state index contributed by atoms with van der Waals surface area (Å²) in [6, 6.07) is 8.77. The number of amides is 1. The number of carbonyl (C=O) groups excluding carboxylic acids is 1. The number of nitrogens with one attached hydrogen (secondary N) is 3. The molecular formula is C16H16FN3O3S. The predicted octanol–water partition coefficient (Wildman–Crippen LogP) is 2.11. The number of rotatable bonds is 2. The minimum absolute atomic E-state index is 0.0927. The molecule has 3 N–H and O–H groups in total. The molecular weight excluding hydrogens is 333 g/mol. The summed E-state index contributed by atoms with van der Waals surface area (Å²) in [5.74, 6) is -0.994. The van der Waals surface area contributed by atoms with Crippen molar-refractivity contribution in [2.75, 3.05) is 10.6 Å². The number of aryl methyl sites for hydroxylation is 2. The molecule has 6 nitrogen and oxygen atoms in total. The van der Waals surface area contributed by atoms with Gasteiger partial charge in [-0.2, -0.15) is 4.72 Å². The number of anilines is 2. The summed E-state index contributed by atoms with van der Waals surface area (Å²) in [7, 11) is -3.80. The average Bonchev–Trinajstić information content (AvgIpc) is 2.48. The van der Waals surface area contributed by atoms with Gasteiger partial charge in [-0.1, -0.05) is 6.07 Å². The predicted molar refractivity (Wildman–Crippen MR) is 88.7 cm³/mol. The average molecular weight is 349 g/mol. The standard InChI is InChI=1S/C16H16FN3O3S/c1-9-3-6-14-13(7-9)18-15(20-24(14,22)23)16(21)19-12-5-4-11(17)8-10(12)2/h3-8,15,18,20H,1-2H3,(H,19,21)/t15-/m0/s1. The van der Waals surface area contributed by atoms with Crippen LogP contribution in [0, 0.1) is 19.7 Å². The lowest BCUT2D eigenvalue weighted by atomic mass is 10.2. The summed E-state index contributed by atoms with van der Waals surface area (Å²) in [6.07, 6.45) is -1.16. The van der Waals surface area contributed by atoms with E-state index in [1.54, 1.807) is 19.1 Å². The lowest BCUT2D eigenvalue weighted by Crippen LogP contribution is -2.51. The van der Waals surface area contributed by atoms with Gasteiger partial charge >= 0.3 is 0 Å². The third kappa shape index (κ3) is 3.10. The second-order valence-corrected chi connectivity index (χ2v) is 7.33. The van der Waals surface area contributed by atoms with Crippen LogP contribution in [0.3, 0.4) is 0 Å². The molecule has 126 valence electrons. The van der Waals surface area contributed by atoms with Gasteiger partial charge in [-0.15, -0.1) is 0 Å². The zero-order chi connectivity index (χ0) is 17.5. The quantitative estimate of drug-likeness (QED) is 0.775. The third-order valence-corrected chi connectivity index (χ3v) is 5.19. The minimum Gasteiger partial charge on any atom is -0.360 e. The van der Waals surface area contributed by atoms with Crippen LogP contribution in [0.1, 0.15) is 11.1 Å². The van der Waals surface area contributed by atoms with E-state index in [1.165, 1.54) is 24.3 Å². The van der Waals surface area contributed by atoms with Crippen molar-refractivity contribution >= 4 is 27.3 Å². The Labute approximate surface area is 139 Å². The maximum Gasteiger partial charge on any atom is 0.262 e. The summed E-state index contributed by atoms with van der Waals surface area (Å²) < 4.78 is 40.0. The highest BCUT2D eigenvalue weighted by atomic mass is 32.2. The van der Waals surface area contributed by atoms with Crippen LogP contribution in [-0.4, -0.2) is 20.5 Å². The third-order valence-electron chi connectivity index (χ3n) is 3.71. The number of fused-ring (bicyclic) bond motifs is 1. The van der Waals surface area contributed by atoms with Crippen LogP contribution in [0.5, 0.6) is 0 Å². The first-order valence-electron chi connectivity index (χ1n) is 7.23. The van der Waals surface area contributed by atoms with Crippen molar-refractivity contribution < 1.29 is 17.6 Å². The van der Waals surface area contributed by atoms with Gasteiger partial charge in [0, 0.05) is 5.69 Å². The van der Waals surface area contributed by atoms with Crippen molar-refractivity contribution in [3.63, 3.8) is 0 Å². The highest BCUT2D eigenvalue weighted by Gasteiger charge is 2.33. The Kier molecular flexibility index (Phi) is 4.02. The van der Waals surface area contributed by atoms with Crippen LogP contribution in [0.2, 0.25) is 0 Å². The van der Waals surface area contributed by atoms with Crippen molar-refractivity contribution in [3.05, 3.63) is 53.3 Å². The Hall–Kier alpha value is -2.45. The summed E-state index contributed by atoms with van der Waals surface area (Å²) >= 11 is 0. The fourth-order valence-corrected chi connectivity index (χ4v) is 3.74. The molecule has 0 saturated heterocycles. The Morgan fingerprint density at radius 2 is 1.92 bits per heavy atom. The fraction of sp³-hybridized carbons (Fsp3) is 0.188. The van der Waals surface area contributed by atoms with Gasteiger partial charge in [-0.3, -0.25) is 4.79 Å². The normalized spacial score (nSPS) is 18.4. The van der Waals surface area contributed by atoms with Gasteiger partial charge in [0.2, 0.25) is 10.0 Å². The van der Waals surface area contributed by atoms with E-state index in [0.29, 0.717) is 16.9 Å². The smallest absolute Gasteiger partial charge is 0.262 e. The molecule has 0 spiro atoms. The van der Waals surface area contributed by atoms with Gasteiger partial charge in [-0.05, 0) is 55.3 Å². The Balaban J connectivity index is 1.87. The fourth-order valence-electron chi connectivity index (χ4n) is 2.49. The molecule has 1 heterocycles. The maximum absolute atomic E-state index is 13.1. The van der Waals surface area contributed by atoms with Crippen molar-refractivity contribution in [2.45, 2.75) is 24.9 Å². The molecule has 2 aromatic rings. The van der Waals surface area contributed by atoms with E-state index in [0.717, 1.165) is 5.56 Å². The highest BCUT2D eigenvalue weighted by molar-refractivity contribution is 7.89. The second-order valence-electron chi connectivity index (χ2n) is 5.65. The molecule has 0 radical (unpaired) electrons. The lowest BCUT2D eigenvalue weighted by Gasteiger charge is -2.27. The summed E-state index contributed by atoms with van der Waals surface area (Å²) in [5.41, 5.74) is 2.19. The molecule has 0 fully saturated rings. The van der Waals surface area contributed by atoms with Gasteiger partial charge in [0.25, 0.3) is 5.91 Å². The molecule has 1 atom stereocenters. The first kappa shape index (κ1) is 16.4. The van der Waals surface area contributed by atoms with E-state index < -0.39 is 27.9 Å². The van der Waals surface area contributed by atoms with E-state index >= 15 is 0 Å². The Morgan fingerprint density at radius 3 is 2.62 bits per heavy atom. The molecule has 0 bridgehead atoms. The zero-order valence-electron chi connectivity index (χ0n) is 13.1. The van der Waals surface area contributed by atoms with Crippen molar-refractivity contribution in [3.8, 4) is 0 Å². The Bertz CT molecular complexity index is 928. The van der Waals surface area contributed by atoms with Crippen LogP contribution in [0.15, 0.2) is 41.3 Å². The molecule has 1 amide bonds. The van der Waals surface area contributed by atoms with Crippen molar-refractivity contribution in [1.29, 1.82) is 0 Å². The van der Waals surface area contributed by atoms with Crippen molar-refractivity contribution in [2.24, 2.45) is 0 Å². The van der Waals surface area contributed by atoms with Gasteiger partial charge in [-0.25, -0.2) is 12.8 Å². The molecule has 3 rings (SSSR count). The molecule has 1 aliphatic heterocycles. The van der Waals surface area contributed by atoms with E-state index in [2.05, 4.69) is 15.4 Å². The molecule has 0 saturated carbocycles. The number of carbonyl (C=O) groups is 1. The molecule has 1 aliphatic rings. The van der Waals surface area contributed by atoms with Gasteiger partial charge in [0.1, 0.15) is 10.7 Å². The van der Waals surface area contributed by atoms with E-state index in [9.17, 15) is 17.6 Å². The van der Waals surface area contributed by atoms with E-state index in [1.807, 2.05) is 6.92 Å². The van der Waals surface area contributed by atoms with Crippen LogP contribution < -0.4 is 15.4 Å². The number of hydrogen-bond donors (Lipinski definition) is 3. The summed E-state index contributed by atoms with van der Waals surface area (Å²) in [4.78, 5) is 12.5. The van der Waals surface area contributed by atoms with Gasteiger partial charge < -0.3 is 10.6 Å². The topological polar surface area (TPSA) is 87.3 Å². The molecule has 8 heteroatoms. The number of benzene rings is 2. The molecule has 0 aliphatic carbocycles. The first-order chi connectivity index (χ1) is 11.3. The zero-order valence-corrected chi connectivity index (χ0v) is 13.9. The molecule has 0 aromatic heterocycles. The van der Waals surface area contributed by atoms with E-state index in [4.69, 9.17) is 0 Å². The number of sulfonamides is 1. The number of halogens is 1. The van der Waals surface area contributed by atoms with Crippen LogP contribution in [0.25, 0.3) is 0 Å². The van der Waals surface area contributed by atoms with Crippen LogP contribution >= 0.6 is 0 Å². The maximum atomic E-state index is 13.1. The summed E-state index contributed by atoms with van der Waals surface area (Å²) in [6.45, 7) is 3.48. The molecule has 2 aromatic carbocycles. The minimum atomic E-state index is -3.80. The van der Waals surface area contributed by atoms with Gasteiger partial charge in [0.15, 0.2) is 6.17 Å². The number of hydrogen-bond acceptors (Lipinski definition) is 4. The van der Waals surface area contributed by atoms with E-state index in [-0.39, 0.29) is 4.90 Å². The highest BCUT2D eigenvalue weighted by Crippen LogP contribution is 2.27. The first-order valence-corrected chi connectivity index (χ1v) is 8.71. The summed E-state index contributed by atoms with van der Waals surface area (Å²) in [5, 5.41) is 5.46.